The van der Waals surface area contributed by atoms with Crippen LogP contribution in [-0.4, -0.2) is 25.8 Å². The summed E-state index contributed by atoms with van der Waals surface area (Å²) in [7, 11) is 0. The molecule has 3 heteroatoms. The molecule has 0 aliphatic carbocycles. The van der Waals surface area contributed by atoms with Gasteiger partial charge in [-0.3, -0.25) is 0 Å². The van der Waals surface area contributed by atoms with Crippen LogP contribution in [-0.2, 0) is 14.3 Å². The van der Waals surface area contributed by atoms with Gasteiger partial charge in [-0.15, -0.1) is 0 Å². The molecule has 0 amide bonds. The summed E-state index contributed by atoms with van der Waals surface area (Å²) in [6, 6.07) is 0. The molecule has 0 saturated carbocycles. The monoisotopic (exact) mass is 198 g/mol. The average Bonchev–Trinajstić information content (AvgIpc) is 2.20. The molecule has 0 spiro atoms. The van der Waals surface area contributed by atoms with Crippen LogP contribution >= 0.6 is 0 Å². The zero-order chi connectivity index (χ0) is 10.2. The van der Waals surface area contributed by atoms with Crippen molar-refractivity contribution in [2.24, 2.45) is 5.92 Å². The lowest BCUT2D eigenvalue weighted by atomic mass is 9.96. The van der Waals surface area contributed by atoms with Crippen molar-refractivity contribution in [3.63, 3.8) is 0 Å². The first-order valence-corrected chi connectivity index (χ1v) is 5.24. The highest BCUT2D eigenvalue weighted by molar-refractivity contribution is 5.81. The van der Waals surface area contributed by atoms with E-state index in [2.05, 4.69) is 0 Å². The van der Waals surface area contributed by atoms with Gasteiger partial charge in [0.15, 0.2) is 0 Å². The second-order valence-electron chi connectivity index (χ2n) is 3.45. The van der Waals surface area contributed by atoms with Crippen LogP contribution in [0.25, 0.3) is 0 Å². The predicted molar refractivity (Wildman–Crippen MR) is 53.9 cm³/mol. The van der Waals surface area contributed by atoms with Crippen LogP contribution in [0.5, 0.6) is 0 Å². The Morgan fingerprint density at radius 2 is 2.21 bits per heavy atom. The van der Waals surface area contributed by atoms with Gasteiger partial charge in [0.05, 0.1) is 6.61 Å². The van der Waals surface area contributed by atoms with E-state index in [1.54, 1.807) is 0 Å². The Balaban J connectivity index is 2.14. The highest BCUT2D eigenvalue weighted by atomic mass is 16.5. The molecule has 1 saturated heterocycles. The van der Waals surface area contributed by atoms with Crippen LogP contribution in [0.2, 0.25) is 0 Å². The summed E-state index contributed by atoms with van der Waals surface area (Å²) in [6.45, 7) is 3.97. The van der Waals surface area contributed by atoms with Crippen molar-refractivity contribution in [3.8, 4) is 0 Å². The SMILES string of the molecule is CCOC(=O)/C=C/CC1CCOCC1. The summed E-state index contributed by atoms with van der Waals surface area (Å²) < 4.78 is 10.0. The number of carbonyl (C=O) groups is 1. The Morgan fingerprint density at radius 1 is 1.50 bits per heavy atom. The lowest BCUT2D eigenvalue weighted by molar-refractivity contribution is -0.137. The first kappa shape index (κ1) is 11.2. The van der Waals surface area contributed by atoms with E-state index >= 15 is 0 Å². The van der Waals surface area contributed by atoms with Crippen molar-refractivity contribution in [2.45, 2.75) is 26.2 Å². The quantitative estimate of drug-likeness (QED) is 0.511. The van der Waals surface area contributed by atoms with Crippen LogP contribution in [0.1, 0.15) is 26.2 Å². The summed E-state index contributed by atoms with van der Waals surface area (Å²) in [5.41, 5.74) is 0. The summed E-state index contributed by atoms with van der Waals surface area (Å²) in [5, 5.41) is 0. The molecule has 80 valence electrons. The van der Waals surface area contributed by atoms with Crippen LogP contribution in [0.3, 0.4) is 0 Å². The van der Waals surface area contributed by atoms with E-state index < -0.39 is 0 Å². The fourth-order valence-electron chi connectivity index (χ4n) is 1.53. The largest absolute Gasteiger partial charge is 0.463 e. The summed E-state index contributed by atoms with van der Waals surface area (Å²) in [4.78, 5) is 11.0. The number of hydrogen-bond acceptors (Lipinski definition) is 3. The smallest absolute Gasteiger partial charge is 0.330 e. The maximum Gasteiger partial charge on any atom is 0.330 e. The maximum atomic E-state index is 11.0. The third kappa shape index (κ3) is 4.42. The van der Waals surface area contributed by atoms with Crippen LogP contribution in [0.15, 0.2) is 12.2 Å². The second kappa shape index (κ2) is 6.60. The zero-order valence-corrected chi connectivity index (χ0v) is 8.70. The minimum Gasteiger partial charge on any atom is -0.463 e. The van der Waals surface area contributed by atoms with Crippen molar-refractivity contribution in [1.29, 1.82) is 0 Å². The Labute approximate surface area is 85.1 Å². The Morgan fingerprint density at radius 3 is 2.86 bits per heavy atom. The molecule has 0 aromatic carbocycles. The molecule has 0 aromatic heterocycles. The minimum absolute atomic E-state index is 0.237. The average molecular weight is 198 g/mol. The van der Waals surface area contributed by atoms with E-state index in [0.29, 0.717) is 12.5 Å². The Bertz CT molecular complexity index is 193. The minimum atomic E-state index is -0.237. The molecule has 1 aliphatic rings. The second-order valence-corrected chi connectivity index (χ2v) is 3.45. The lowest BCUT2D eigenvalue weighted by Crippen LogP contribution is -2.14. The number of esters is 1. The van der Waals surface area contributed by atoms with Gasteiger partial charge in [-0.2, -0.15) is 0 Å². The first-order chi connectivity index (χ1) is 6.83. The lowest BCUT2D eigenvalue weighted by Gasteiger charge is -2.20. The molecular weight excluding hydrogens is 180 g/mol. The Kier molecular flexibility index (Phi) is 5.30. The van der Waals surface area contributed by atoms with E-state index in [0.717, 1.165) is 32.5 Å². The first-order valence-electron chi connectivity index (χ1n) is 5.24. The fourth-order valence-corrected chi connectivity index (χ4v) is 1.53. The van der Waals surface area contributed by atoms with Gasteiger partial charge in [0.25, 0.3) is 0 Å². The van der Waals surface area contributed by atoms with Gasteiger partial charge in [0.2, 0.25) is 0 Å². The molecule has 0 N–H and O–H groups in total. The number of carbonyl (C=O) groups excluding carboxylic acids is 1. The maximum absolute atomic E-state index is 11.0. The molecule has 0 aromatic rings. The van der Waals surface area contributed by atoms with E-state index in [1.165, 1.54) is 6.08 Å². The topological polar surface area (TPSA) is 35.5 Å². The molecule has 14 heavy (non-hydrogen) atoms. The van der Waals surface area contributed by atoms with E-state index in [1.807, 2.05) is 13.0 Å². The molecule has 1 fully saturated rings. The summed E-state index contributed by atoms with van der Waals surface area (Å²) in [6.07, 6.45) is 6.61. The van der Waals surface area contributed by atoms with Crippen molar-refractivity contribution in [3.05, 3.63) is 12.2 Å². The standard InChI is InChI=1S/C11H18O3/c1-2-14-11(12)5-3-4-10-6-8-13-9-7-10/h3,5,10H,2,4,6-9H2,1H3/b5-3+. The zero-order valence-electron chi connectivity index (χ0n) is 8.70. The number of ether oxygens (including phenoxy) is 2. The van der Waals surface area contributed by atoms with Gasteiger partial charge in [0, 0.05) is 19.3 Å². The highest BCUT2D eigenvalue weighted by Gasteiger charge is 2.11. The van der Waals surface area contributed by atoms with E-state index in [9.17, 15) is 4.79 Å². The van der Waals surface area contributed by atoms with Gasteiger partial charge in [-0.1, -0.05) is 6.08 Å². The predicted octanol–water partition coefficient (Wildman–Crippen LogP) is 1.92. The summed E-state index contributed by atoms with van der Waals surface area (Å²) in [5.74, 6) is 0.439. The van der Waals surface area contributed by atoms with Crippen LogP contribution in [0, 0.1) is 5.92 Å². The van der Waals surface area contributed by atoms with Gasteiger partial charge in [-0.25, -0.2) is 4.79 Å². The molecule has 0 bridgehead atoms. The fraction of sp³-hybridized carbons (Fsp3) is 0.727. The van der Waals surface area contributed by atoms with Crippen molar-refractivity contribution in [2.75, 3.05) is 19.8 Å². The van der Waals surface area contributed by atoms with Crippen molar-refractivity contribution >= 4 is 5.97 Å². The highest BCUT2D eigenvalue weighted by Crippen LogP contribution is 2.18. The van der Waals surface area contributed by atoms with Crippen molar-refractivity contribution < 1.29 is 14.3 Å². The normalized spacial score (nSPS) is 18.6. The molecule has 1 aliphatic heterocycles. The van der Waals surface area contributed by atoms with Crippen LogP contribution in [0.4, 0.5) is 0 Å². The molecule has 0 unspecified atom stereocenters. The van der Waals surface area contributed by atoms with E-state index in [4.69, 9.17) is 9.47 Å². The third-order valence-corrected chi connectivity index (χ3v) is 2.35. The number of rotatable bonds is 4. The number of hydrogen-bond donors (Lipinski definition) is 0. The van der Waals surface area contributed by atoms with E-state index in [-0.39, 0.29) is 5.97 Å². The molecule has 1 heterocycles. The number of allylic oxidation sites excluding steroid dienone is 1. The molecule has 1 rings (SSSR count). The van der Waals surface area contributed by atoms with Gasteiger partial charge in [-0.05, 0) is 32.1 Å². The molecule has 0 atom stereocenters. The van der Waals surface area contributed by atoms with Gasteiger partial charge in [0.1, 0.15) is 0 Å². The van der Waals surface area contributed by atoms with Crippen molar-refractivity contribution in [1.82, 2.24) is 0 Å². The molecular formula is C11H18O3. The van der Waals surface area contributed by atoms with Crippen LogP contribution < -0.4 is 0 Å². The summed E-state index contributed by atoms with van der Waals surface area (Å²) >= 11 is 0. The molecule has 3 nitrogen and oxygen atoms in total. The van der Waals surface area contributed by atoms with Gasteiger partial charge >= 0.3 is 5.97 Å². The van der Waals surface area contributed by atoms with Gasteiger partial charge < -0.3 is 9.47 Å². The molecule has 0 radical (unpaired) electrons. The third-order valence-electron chi connectivity index (χ3n) is 2.35. The Hall–Kier alpha value is -0.830.